The van der Waals surface area contributed by atoms with Gasteiger partial charge in [-0.3, -0.25) is 0 Å². The van der Waals surface area contributed by atoms with E-state index in [1.807, 2.05) is 65.0 Å². The maximum absolute atomic E-state index is 5.74. The average molecular weight is 303 g/mol. The van der Waals surface area contributed by atoms with Gasteiger partial charge in [-0.05, 0) is 36.6 Å². The summed E-state index contributed by atoms with van der Waals surface area (Å²) in [6.45, 7) is 16.4. The monoisotopic (exact) mass is 302 g/mol. The quantitative estimate of drug-likeness (QED) is 0.506. The van der Waals surface area contributed by atoms with Gasteiger partial charge in [-0.2, -0.15) is 0 Å². The summed E-state index contributed by atoms with van der Waals surface area (Å²) in [6, 6.07) is 8.34. The number of rotatable bonds is 7. The highest BCUT2D eigenvalue weighted by atomic mass is 16.5. The van der Waals surface area contributed by atoms with Gasteiger partial charge in [0.25, 0.3) is 0 Å². The molecule has 0 aromatic heterocycles. The Morgan fingerprint density at radius 3 is 2.14 bits per heavy atom. The fraction of sp³-hybridized carbons (Fsp3) is 0.429. The molecule has 0 aliphatic heterocycles. The first-order chi connectivity index (χ1) is 10.8. The van der Waals surface area contributed by atoms with Crippen LogP contribution in [0, 0.1) is 0 Å². The lowest BCUT2D eigenvalue weighted by molar-refractivity contribution is 0.355. The molecule has 1 nitrogen and oxygen atoms in total. The molecule has 0 heterocycles. The molecule has 0 aliphatic carbocycles. The fourth-order valence-corrected chi connectivity index (χ4v) is 1.63. The van der Waals surface area contributed by atoms with E-state index in [1.54, 1.807) is 6.08 Å². The Hall–Kier alpha value is -1.76. The van der Waals surface area contributed by atoms with Crippen LogP contribution in [-0.4, -0.2) is 6.61 Å². The smallest absolute Gasteiger partial charge is 0.119 e. The van der Waals surface area contributed by atoms with Gasteiger partial charge in [0.1, 0.15) is 12.4 Å². The molecular formula is C21H34O. The zero-order valence-corrected chi connectivity index (χ0v) is 15.4. The zero-order valence-electron chi connectivity index (χ0n) is 15.4. The van der Waals surface area contributed by atoms with Crippen molar-refractivity contribution in [3.63, 3.8) is 0 Å². The molecular weight excluding hydrogens is 268 g/mol. The van der Waals surface area contributed by atoms with E-state index < -0.39 is 0 Å². The van der Waals surface area contributed by atoms with Crippen molar-refractivity contribution < 1.29 is 4.74 Å². The van der Waals surface area contributed by atoms with Crippen LogP contribution in [0.5, 0.6) is 5.75 Å². The second kappa shape index (κ2) is 17.3. The normalized spacial score (nSPS) is 10.2. The minimum atomic E-state index is 0.591. The van der Waals surface area contributed by atoms with Crippen molar-refractivity contribution in [1.29, 1.82) is 0 Å². The van der Waals surface area contributed by atoms with Crippen molar-refractivity contribution in [2.24, 2.45) is 0 Å². The van der Waals surface area contributed by atoms with E-state index in [0.29, 0.717) is 6.61 Å². The Labute approximate surface area is 138 Å². The van der Waals surface area contributed by atoms with Gasteiger partial charge in [0.15, 0.2) is 0 Å². The third-order valence-corrected chi connectivity index (χ3v) is 2.68. The molecule has 0 radical (unpaired) electrons. The molecule has 0 atom stereocenters. The Morgan fingerprint density at radius 1 is 1.09 bits per heavy atom. The first-order valence-corrected chi connectivity index (χ1v) is 8.46. The fourth-order valence-electron chi connectivity index (χ4n) is 1.63. The van der Waals surface area contributed by atoms with Gasteiger partial charge in [0.05, 0.1) is 0 Å². The Kier molecular flexibility index (Phi) is 17.7. The second-order valence-electron chi connectivity index (χ2n) is 4.14. The molecule has 0 saturated carbocycles. The largest absolute Gasteiger partial charge is 0.489 e. The summed E-state index contributed by atoms with van der Waals surface area (Å²) in [6.07, 6.45) is 10.0. The average Bonchev–Trinajstić information content (AvgIpc) is 2.60. The number of benzene rings is 1. The number of ether oxygens (including phenoxy) is 1. The zero-order chi connectivity index (χ0) is 17.2. The molecule has 22 heavy (non-hydrogen) atoms. The van der Waals surface area contributed by atoms with Crippen molar-refractivity contribution >= 4 is 0 Å². The number of hydrogen-bond acceptors (Lipinski definition) is 1. The van der Waals surface area contributed by atoms with Crippen molar-refractivity contribution in [2.45, 2.75) is 54.4 Å². The molecule has 0 bridgehead atoms. The lowest BCUT2D eigenvalue weighted by atomic mass is 10.1. The maximum atomic E-state index is 5.74. The van der Waals surface area contributed by atoms with Crippen molar-refractivity contribution in [1.82, 2.24) is 0 Å². The summed E-state index contributed by atoms with van der Waals surface area (Å²) >= 11 is 0. The van der Waals surface area contributed by atoms with E-state index >= 15 is 0 Å². The number of hydrogen-bond donors (Lipinski definition) is 0. The summed E-state index contributed by atoms with van der Waals surface area (Å²) < 4.78 is 5.74. The van der Waals surface area contributed by atoms with Gasteiger partial charge in [-0.15, -0.1) is 0 Å². The van der Waals surface area contributed by atoms with Crippen molar-refractivity contribution in [2.75, 3.05) is 6.61 Å². The molecule has 1 aromatic carbocycles. The molecule has 124 valence electrons. The van der Waals surface area contributed by atoms with Crippen LogP contribution < -0.4 is 4.74 Å². The Balaban J connectivity index is 0. The van der Waals surface area contributed by atoms with E-state index in [1.165, 1.54) is 12.0 Å². The van der Waals surface area contributed by atoms with Crippen LogP contribution in [0.15, 0.2) is 60.7 Å². The van der Waals surface area contributed by atoms with E-state index in [2.05, 4.69) is 25.6 Å². The van der Waals surface area contributed by atoms with Crippen LogP contribution in [0.2, 0.25) is 0 Å². The Bertz CT molecular complexity index is 410. The molecule has 1 rings (SSSR count). The maximum Gasteiger partial charge on any atom is 0.119 e. The van der Waals surface area contributed by atoms with Crippen LogP contribution in [0.4, 0.5) is 0 Å². The first kappa shape index (κ1) is 22.5. The molecule has 0 unspecified atom stereocenters. The molecule has 0 aliphatic rings. The summed E-state index contributed by atoms with van der Waals surface area (Å²) in [5.41, 5.74) is 2.51. The molecule has 0 spiro atoms. The molecule has 0 N–H and O–H groups in total. The highest BCUT2D eigenvalue weighted by Gasteiger charge is 1.96. The SMILES string of the molecule is C=C/C=C\C(=C/C)COc1ccc(CCC)cc1.CC.CC. The van der Waals surface area contributed by atoms with Crippen LogP contribution in [0.1, 0.15) is 53.5 Å². The summed E-state index contributed by atoms with van der Waals surface area (Å²) in [7, 11) is 0. The van der Waals surface area contributed by atoms with E-state index in [9.17, 15) is 0 Å². The third-order valence-electron chi connectivity index (χ3n) is 2.68. The van der Waals surface area contributed by atoms with Crippen molar-refractivity contribution in [3.05, 3.63) is 66.3 Å². The lowest BCUT2D eigenvalue weighted by Crippen LogP contribution is -1.99. The minimum Gasteiger partial charge on any atom is -0.489 e. The predicted molar refractivity (Wildman–Crippen MR) is 102 cm³/mol. The van der Waals surface area contributed by atoms with Gasteiger partial charge in [0, 0.05) is 0 Å². The van der Waals surface area contributed by atoms with Crippen LogP contribution in [0.25, 0.3) is 0 Å². The third kappa shape index (κ3) is 11.0. The van der Waals surface area contributed by atoms with E-state index in [0.717, 1.165) is 17.7 Å². The van der Waals surface area contributed by atoms with Gasteiger partial charge >= 0.3 is 0 Å². The summed E-state index contributed by atoms with van der Waals surface area (Å²) in [4.78, 5) is 0. The summed E-state index contributed by atoms with van der Waals surface area (Å²) in [5, 5.41) is 0. The van der Waals surface area contributed by atoms with Crippen LogP contribution in [0.3, 0.4) is 0 Å². The van der Waals surface area contributed by atoms with Crippen LogP contribution in [-0.2, 0) is 6.42 Å². The van der Waals surface area contributed by atoms with E-state index in [-0.39, 0.29) is 0 Å². The van der Waals surface area contributed by atoms with Crippen molar-refractivity contribution in [3.8, 4) is 5.75 Å². The highest BCUT2D eigenvalue weighted by molar-refractivity contribution is 5.29. The van der Waals surface area contributed by atoms with Gasteiger partial charge in [0.2, 0.25) is 0 Å². The second-order valence-corrected chi connectivity index (χ2v) is 4.14. The highest BCUT2D eigenvalue weighted by Crippen LogP contribution is 2.14. The van der Waals surface area contributed by atoms with E-state index in [4.69, 9.17) is 4.74 Å². The minimum absolute atomic E-state index is 0.591. The topological polar surface area (TPSA) is 9.23 Å². The van der Waals surface area contributed by atoms with Crippen LogP contribution >= 0.6 is 0 Å². The Morgan fingerprint density at radius 2 is 1.68 bits per heavy atom. The molecule has 0 amide bonds. The standard InChI is InChI=1S/C17H22O.2C2H6/c1-4-7-9-15(6-3)14-18-17-12-10-16(8-5-2)11-13-17;2*1-2/h4,6-7,9-13H,1,5,8,14H2,2-3H3;2*1-2H3/b9-7-,15-6+;;. The van der Waals surface area contributed by atoms with Gasteiger partial charge < -0.3 is 4.74 Å². The molecule has 1 aromatic rings. The molecule has 1 heteroatoms. The molecule has 0 fully saturated rings. The van der Waals surface area contributed by atoms with Gasteiger partial charge in [-0.1, -0.05) is 84.1 Å². The predicted octanol–water partition coefficient (Wildman–Crippen LogP) is 6.76. The number of aryl methyl sites for hydroxylation is 1. The molecule has 0 saturated heterocycles. The summed E-state index contributed by atoms with van der Waals surface area (Å²) in [5.74, 6) is 0.918. The first-order valence-electron chi connectivity index (χ1n) is 8.46. The number of allylic oxidation sites excluding steroid dienone is 3. The lowest BCUT2D eigenvalue weighted by Gasteiger charge is -2.07. The van der Waals surface area contributed by atoms with Gasteiger partial charge in [-0.25, -0.2) is 0 Å².